The van der Waals surface area contributed by atoms with Gasteiger partial charge in [-0.05, 0) is 31.9 Å². The summed E-state index contributed by atoms with van der Waals surface area (Å²) in [6.07, 6.45) is 7.92. The van der Waals surface area contributed by atoms with E-state index in [1.807, 2.05) is 0 Å². The molecule has 3 atom stereocenters. The summed E-state index contributed by atoms with van der Waals surface area (Å²) in [6, 6.07) is -0.654. The van der Waals surface area contributed by atoms with Crippen molar-refractivity contribution in [1.29, 1.82) is 0 Å². The number of carbonyl (C=O) groups is 2. The standard InChI is InChI=1S/C13H22N2O3S/c1-19-11-7-3-2-5-9(11)14-13(18)15-8-4-6-10(15)12(16)17/h9-11H,2-8H2,1H3,(H,14,18)(H,16,17)/t9?,10-,11?/m0/s1. The number of amides is 2. The summed E-state index contributed by atoms with van der Waals surface area (Å²) in [4.78, 5) is 24.8. The molecule has 6 heteroatoms. The van der Waals surface area contributed by atoms with Gasteiger partial charge in [0.2, 0.25) is 0 Å². The Labute approximate surface area is 118 Å². The van der Waals surface area contributed by atoms with Crippen molar-refractivity contribution in [2.24, 2.45) is 0 Å². The van der Waals surface area contributed by atoms with Gasteiger partial charge in [-0.25, -0.2) is 9.59 Å². The highest BCUT2D eigenvalue weighted by molar-refractivity contribution is 7.99. The van der Waals surface area contributed by atoms with E-state index in [1.54, 1.807) is 11.8 Å². The number of aliphatic carboxylic acids is 1. The molecule has 1 aliphatic heterocycles. The number of likely N-dealkylation sites (tertiary alicyclic amines) is 1. The molecule has 1 heterocycles. The number of hydrogen-bond acceptors (Lipinski definition) is 3. The monoisotopic (exact) mass is 286 g/mol. The summed E-state index contributed by atoms with van der Waals surface area (Å²) >= 11 is 1.80. The number of nitrogens with one attached hydrogen (secondary N) is 1. The Bertz CT molecular complexity index is 351. The minimum absolute atomic E-state index is 0.186. The van der Waals surface area contributed by atoms with Gasteiger partial charge in [0.15, 0.2) is 0 Å². The SMILES string of the molecule is CSC1CCCCC1NC(=O)N1CCC[C@H]1C(=O)O. The van der Waals surface area contributed by atoms with Crippen molar-refractivity contribution >= 4 is 23.8 Å². The van der Waals surface area contributed by atoms with Crippen LogP contribution in [0, 0.1) is 0 Å². The molecule has 108 valence electrons. The molecule has 1 saturated heterocycles. The van der Waals surface area contributed by atoms with Crippen LogP contribution in [0.3, 0.4) is 0 Å². The Hall–Kier alpha value is -0.910. The number of thioether (sulfide) groups is 1. The largest absolute Gasteiger partial charge is 0.480 e. The van der Waals surface area contributed by atoms with Crippen LogP contribution in [-0.2, 0) is 4.79 Å². The fraction of sp³-hybridized carbons (Fsp3) is 0.846. The van der Waals surface area contributed by atoms with Crippen molar-refractivity contribution in [3.05, 3.63) is 0 Å². The number of nitrogens with zero attached hydrogens (tertiary/aromatic N) is 1. The first-order valence-corrected chi connectivity index (χ1v) is 8.25. The number of carboxylic acids is 1. The lowest BCUT2D eigenvalue weighted by molar-refractivity contribution is -0.141. The first-order chi connectivity index (χ1) is 9.13. The van der Waals surface area contributed by atoms with E-state index in [-0.39, 0.29) is 12.1 Å². The summed E-state index contributed by atoms with van der Waals surface area (Å²) in [6.45, 7) is 0.555. The van der Waals surface area contributed by atoms with Crippen LogP contribution in [0.1, 0.15) is 38.5 Å². The van der Waals surface area contributed by atoms with Crippen LogP contribution >= 0.6 is 11.8 Å². The minimum Gasteiger partial charge on any atom is -0.480 e. The van der Waals surface area contributed by atoms with Crippen molar-refractivity contribution in [3.8, 4) is 0 Å². The van der Waals surface area contributed by atoms with Crippen LogP contribution in [0.15, 0.2) is 0 Å². The van der Waals surface area contributed by atoms with Crippen LogP contribution in [0.5, 0.6) is 0 Å². The fourth-order valence-electron chi connectivity index (χ4n) is 3.05. The maximum Gasteiger partial charge on any atom is 0.326 e. The first-order valence-electron chi connectivity index (χ1n) is 6.96. The lowest BCUT2D eigenvalue weighted by Gasteiger charge is -2.33. The molecule has 0 aromatic heterocycles. The van der Waals surface area contributed by atoms with Crippen molar-refractivity contribution < 1.29 is 14.7 Å². The van der Waals surface area contributed by atoms with Crippen LogP contribution in [0.2, 0.25) is 0 Å². The average Bonchev–Trinajstić information content (AvgIpc) is 2.88. The Morgan fingerprint density at radius 2 is 1.95 bits per heavy atom. The zero-order valence-electron chi connectivity index (χ0n) is 11.3. The third-order valence-corrected chi connectivity index (χ3v) is 5.28. The highest BCUT2D eigenvalue weighted by atomic mass is 32.2. The quantitative estimate of drug-likeness (QED) is 0.831. The molecule has 1 aliphatic carbocycles. The van der Waals surface area contributed by atoms with Crippen molar-refractivity contribution in [3.63, 3.8) is 0 Å². The molecule has 2 amide bonds. The zero-order chi connectivity index (χ0) is 13.8. The molecule has 19 heavy (non-hydrogen) atoms. The molecule has 2 fully saturated rings. The Morgan fingerprint density at radius 1 is 1.21 bits per heavy atom. The molecule has 0 aromatic carbocycles. The van der Waals surface area contributed by atoms with Gasteiger partial charge in [-0.2, -0.15) is 11.8 Å². The van der Waals surface area contributed by atoms with E-state index in [0.29, 0.717) is 18.2 Å². The summed E-state index contributed by atoms with van der Waals surface area (Å²) in [5.74, 6) is -0.891. The van der Waals surface area contributed by atoms with Crippen molar-refractivity contribution in [2.75, 3.05) is 12.8 Å². The molecular formula is C13H22N2O3S. The maximum atomic E-state index is 12.2. The maximum absolute atomic E-state index is 12.2. The van der Waals surface area contributed by atoms with E-state index in [0.717, 1.165) is 25.7 Å². The third-order valence-electron chi connectivity index (χ3n) is 4.11. The summed E-state index contributed by atoms with van der Waals surface area (Å²) in [5, 5.41) is 12.6. The molecule has 2 rings (SSSR count). The highest BCUT2D eigenvalue weighted by Crippen LogP contribution is 2.27. The first kappa shape index (κ1) is 14.5. The van der Waals surface area contributed by atoms with E-state index in [1.165, 1.54) is 11.3 Å². The van der Waals surface area contributed by atoms with Crippen LogP contribution in [0.25, 0.3) is 0 Å². The van der Waals surface area contributed by atoms with E-state index in [2.05, 4.69) is 11.6 Å². The van der Waals surface area contributed by atoms with Gasteiger partial charge < -0.3 is 15.3 Å². The second kappa shape index (κ2) is 6.50. The number of urea groups is 1. The lowest BCUT2D eigenvalue weighted by Crippen LogP contribution is -2.52. The Morgan fingerprint density at radius 3 is 2.63 bits per heavy atom. The summed E-state index contributed by atoms with van der Waals surface area (Å²) in [7, 11) is 0. The van der Waals surface area contributed by atoms with Gasteiger partial charge in [-0.3, -0.25) is 0 Å². The van der Waals surface area contributed by atoms with Gasteiger partial charge in [0.1, 0.15) is 6.04 Å². The minimum atomic E-state index is -0.891. The van der Waals surface area contributed by atoms with Gasteiger partial charge in [0.05, 0.1) is 0 Å². The second-order valence-electron chi connectivity index (χ2n) is 5.30. The Kier molecular flexibility index (Phi) is 4.96. The second-order valence-corrected chi connectivity index (χ2v) is 6.38. The van der Waals surface area contributed by atoms with E-state index >= 15 is 0 Å². The van der Waals surface area contributed by atoms with E-state index in [9.17, 15) is 9.59 Å². The average molecular weight is 286 g/mol. The van der Waals surface area contributed by atoms with E-state index < -0.39 is 12.0 Å². The van der Waals surface area contributed by atoms with Crippen LogP contribution in [0.4, 0.5) is 4.79 Å². The number of carbonyl (C=O) groups excluding carboxylic acids is 1. The molecule has 2 aliphatic rings. The molecule has 0 spiro atoms. The molecule has 5 nitrogen and oxygen atoms in total. The molecule has 2 N–H and O–H groups in total. The molecule has 0 bridgehead atoms. The topological polar surface area (TPSA) is 69.6 Å². The predicted molar refractivity (Wildman–Crippen MR) is 75.5 cm³/mol. The smallest absolute Gasteiger partial charge is 0.326 e. The fourth-order valence-corrected chi connectivity index (χ4v) is 3.99. The number of rotatable bonds is 3. The molecule has 1 saturated carbocycles. The highest BCUT2D eigenvalue weighted by Gasteiger charge is 2.36. The van der Waals surface area contributed by atoms with Gasteiger partial charge in [0.25, 0.3) is 0 Å². The summed E-state index contributed by atoms with van der Waals surface area (Å²) < 4.78 is 0. The van der Waals surface area contributed by atoms with Crippen LogP contribution in [-0.4, -0.2) is 52.1 Å². The molecule has 0 radical (unpaired) electrons. The Balaban J connectivity index is 1.94. The zero-order valence-corrected chi connectivity index (χ0v) is 12.1. The molecular weight excluding hydrogens is 264 g/mol. The summed E-state index contributed by atoms with van der Waals surface area (Å²) in [5.41, 5.74) is 0. The van der Waals surface area contributed by atoms with Crippen LogP contribution < -0.4 is 5.32 Å². The van der Waals surface area contributed by atoms with Gasteiger partial charge in [-0.1, -0.05) is 12.8 Å². The van der Waals surface area contributed by atoms with Crippen molar-refractivity contribution in [2.45, 2.75) is 55.9 Å². The predicted octanol–water partition coefficient (Wildman–Crippen LogP) is 1.92. The molecule has 0 aromatic rings. The third kappa shape index (κ3) is 3.35. The molecule has 2 unspecified atom stereocenters. The number of hydrogen-bond donors (Lipinski definition) is 2. The lowest BCUT2D eigenvalue weighted by atomic mass is 9.95. The van der Waals surface area contributed by atoms with Gasteiger partial charge in [-0.15, -0.1) is 0 Å². The number of carboxylic acid groups (broad SMARTS) is 1. The van der Waals surface area contributed by atoms with Crippen molar-refractivity contribution in [1.82, 2.24) is 10.2 Å². The van der Waals surface area contributed by atoms with Gasteiger partial charge in [0, 0.05) is 17.8 Å². The van der Waals surface area contributed by atoms with Gasteiger partial charge >= 0.3 is 12.0 Å². The van der Waals surface area contributed by atoms with E-state index in [4.69, 9.17) is 5.11 Å². The normalized spacial score (nSPS) is 31.2.